The summed E-state index contributed by atoms with van der Waals surface area (Å²) in [6.07, 6.45) is 10.8. The standard InChI is InChI=1S/C35H56N2O10S/c1-5-6-7-8-9-10-11-12-13-16-23-43-26-35-32(46-34(2,3)47-35)31(29(45-35)25-37-21-14-15-22-37)44-33(39)36-48(40,41)28-19-17-27(18-20-28)24-30(38)42-4/h17-20,29,31-32H,5-16,21-26H2,1-4H3,(H,36,39)/t29-,31+,32-,35-/m0/s1. The average Bonchev–Trinajstić information content (AvgIpc) is 3.71. The molecule has 1 aromatic rings. The Morgan fingerprint density at radius 1 is 0.938 bits per heavy atom. The molecule has 0 radical (unpaired) electrons. The van der Waals surface area contributed by atoms with Crippen LogP contribution in [0.3, 0.4) is 0 Å². The summed E-state index contributed by atoms with van der Waals surface area (Å²) in [5.74, 6) is -2.80. The summed E-state index contributed by atoms with van der Waals surface area (Å²) < 4.78 is 63.9. The highest BCUT2D eigenvalue weighted by Gasteiger charge is 2.66. The van der Waals surface area contributed by atoms with E-state index in [1.165, 1.54) is 82.7 Å². The van der Waals surface area contributed by atoms with E-state index < -0.39 is 52.0 Å². The molecule has 3 aliphatic heterocycles. The first-order chi connectivity index (χ1) is 23.0. The van der Waals surface area contributed by atoms with E-state index in [1.54, 1.807) is 13.8 Å². The van der Waals surface area contributed by atoms with Crippen molar-refractivity contribution >= 4 is 22.1 Å². The van der Waals surface area contributed by atoms with Gasteiger partial charge in [0, 0.05) is 13.2 Å². The SMILES string of the molecule is CCCCCCCCCCCCOC[C@@]12O[C@@H](CN3CCCC3)[C@@H](OC(=O)NS(=O)(=O)c3ccc(CC(=O)OC)cc3)[C@@H]1OC(C)(C)O2. The highest BCUT2D eigenvalue weighted by atomic mass is 32.2. The number of hydrogen-bond acceptors (Lipinski definition) is 11. The largest absolute Gasteiger partial charge is 0.469 e. The minimum absolute atomic E-state index is 0.00307. The molecule has 0 aliphatic carbocycles. The second-order valence-corrected chi connectivity index (χ2v) is 15.3. The van der Waals surface area contributed by atoms with Crippen LogP contribution in [0.25, 0.3) is 0 Å². The molecule has 0 unspecified atom stereocenters. The van der Waals surface area contributed by atoms with E-state index in [2.05, 4.69) is 16.6 Å². The fraction of sp³-hybridized carbons (Fsp3) is 0.771. The summed E-state index contributed by atoms with van der Waals surface area (Å²) in [7, 11) is -3.00. The molecule has 3 heterocycles. The van der Waals surface area contributed by atoms with Crippen molar-refractivity contribution in [2.45, 2.75) is 139 Å². The van der Waals surface area contributed by atoms with Gasteiger partial charge in [0.1, 0.15) is 12.7 Å². The van der Waals surface area contributed by atoms with Crippen LogP contribution >= 0.6 is 0 Å². The normalized spacial score (nSPS) is 25.2. The third-order valence-corrected chi connectivity index (χ3v) is 10.5. The molecule has 0 bridgehead atoms. The average molecular weight is 697 g/mol. The summed E-state index contributed by atoms with van der Waals surface area (Å²) >= 11 is 0. The van der Waals surface area contributed by atoms with Crippen molar-refractivity contribution in [1.29, 1.82) is 0 Å². The van der Waals surface area contributed by atoms with Gasteiger partial charge < -0.3 is 33.3 Å². The Bertz CT molecular complexity index is 1270. The quantitative estimate of drug-likeness (QED) is 0.137. The number of nitrogens with one attached hydrogen (secondary N) is 1. The first kappa shape index (κ1) is 38.5. The number of rotatable bonds is 20. The van der Waals surface area contributed by atoms with Crippen LogP contribution in [0.2, 0.25) is 0 Å². The number of methoxy groups -OCH3 is 1. The van der Waals surface area contributed by atoms with Gasteiger partial charge >= 0.3 is 12.1 Å². The van der Waals surface area contributed by atoms with E-state index in [1.807, 2.05) is 4.72 Å². The minimum atomic E-state index is -4.28. The number of carbonyl (C=O) groups excluding carboxylic acids is 2. The van der Waals surface area contributed by atoms with Crippen LogP contribution in [-0.2, 0) is 49.7 Å². The van der Waals surface area contributed by atoms with Crippen LogP contribution in [0, 0.1) is 0 Å². The minimum Gasteiger partial charge on any atom is -0.469 e. The number of unbranched alkanes of at least 4 members (excludes halogenated alkanes) is 9. The molecule has 12 nitrogen and oxygen atoms in total. The van der Waals surface area contributed by atoms with Crippen LogP contribution in [0.5, 0.6) is 0 Å². The van der Waals surface area contributed by atoms with Gasteiger partial charge in [0.2, 0.25) is 5.79 Å². The second kappa shape index (κ2) is 18.1. The van der Waals surface area contributed by atoms with Crippen molar-refractivity contribution in [3.8, 4) is 0 Å². The van der Waals surface area contributed by atoms with Gasteiger partial charge in [0.15, 0.2) is 18.0 Å². The van der Waals surface area contributed by atoms with Gasteiger partial charge in [-0.2, -0.15) is 0 Å². The Balaban J connectivity index is 1.35. The Morgan fingerprint density at radius 3 is 2.19 bits per heavy atom. The molecule has 4 atom stereocenters. The lowest BCUT2D eigenvalue weighted by atomic mass is 10.0. The molecule has 3 saturated heterocycles. The highest BCUT2D eigenvalue weighted by Crippen LogP contribution is 2.47. The van der Waals surface area contributed by atoms with E-state index >= 15 is 0 Å². The van der Waals surface area contributed by atoms with Gasteiger partial charge in [0.05, 0.1) is 18.4 Å². The van der Waals surface area contributed by atoms with Crippen LogP contribution in [-0.4, -0.2) is 95.2 Å². The Morgan fingerprint density at radius 2 is 1.56 bits per heavy atom. The number of nitrogens with zero attached hydrogens (tertiary/aromatic N) is 1. The summed E-state index contributed by atoms with van der Waals surface area (Å²) in [5, 5.41) is 0. The van der Waals surface area contributed by atoms with Gasteiger partial charge in [-0.3, -0.25) is 4.79 Å². The predicted molar refractivity (Wildman–Crippen MR) is 179 cm³/mol. The zero-order valence-electron chi connectivity index (χ0n) is 29.2. The van der Waals surface area contributed by atoms with E-state index in [0.717, 1.165) is 38.8 Å². The van der Waals surface area contributed by atoms with Gasteiger partial charge in [-0.1, -0.05) is 76.8 Å². The summed E-state index contributed by atoms with van der Waals surface area (Å²) in [6.45, 7) is 8.64. The van der Waals surface area contributed by atoms with Crippen molar-refractivity contribution in [3.05, 3.63) is 29.8 Å². The van der Waals surface area contributed by atoms with E-state index in [0.29, 0.717) is 18.7 Å². The van der Waals surface area contributed by atoms with Crippen molar-refractivity contribution in [2.75, 3.05) is 40.0 Å². The smallest absolute Gasteiger partial charge is 0.421 e. The maximum Gasteiger partial charge on any atom is 0.421 e. The summed E-state index contributed by atoms with van der Waals surface area (Å²) in [5.41, 5.74) is 0.573. The number of esters is 1. The Kier molecular flexibility index (Phi) is 14.5. The van der Waals surface area contributed by atoms with E-state index in [9.17, 15) is 18.0 Å². The number of likely N-dealkylation sites (tertiary alicyclic amines) is 1. The van der Waals surface area contributed by atoms with Crippen LogP contribution in [0.4, 0.5) is 4.79 Å². The molecule has 48 heavy (non-hydrogen) atoms. The molecular weight excluding hydrogens is 640 g/mol. The van der Waals surface area contributed by atoms with E-state index in [-0.39, 0.29) is 17.9 Å². The molecule has 4 rings (SSSR count). The first-order valence-corrected chi connectivity index (χ1v) is 19.2. The zero-order chi connectivity index (χ0) is 34.6. The second-order valence-electron chi connectivity index (χ2n) is 13.6. The van der Waals surface area contributed by atoms with Gasteiger partial charge in [-0.25, -0.2) is 17.9 Å². The van der Waals surface area contributed by atoms with Gasteiger partial charge in [-0.05, 0) is 63.9 Å². The number of fused-ring (bicyclic) bond motifs is 1. The number of amides is 1. The number of carbonyl (C=O) groups is 2. The maximum absolute atomic E-state index is 13.2. The fourth-order valence-corrected chi connectivity index (χ4v) is 7.59. The molecule has 0 aromatic heterocycles. The van der Waals surface area contributed by atoms with Gasteiger partial charge in [0.25, 0.3) is 10.0 Å². The van der Waals surface area contributed by atoms with Crippen molar-refractivity contribution in [1.82, 2.24) is 9.62 Å². The number of benzene rings is 1. The maximum atomic E-state index is 13.2. The molecular formula is C35H56N2O10S. The van der Waals surface area contributed by atoms with E-state index in [4.69, 9.17) is 23.7 Å². The number of ether oxygens (including phenoxy) is 6. The van der Waals surface area contributed by atoms with Crippen molar-refractivity contribution in [3.63, 3.8) is 0 Å². The van der Waals surface area contributed by atoms with Crippen LogP contribution in [0.1, 0.15) is 103 Å². The molecule has 272 valence electrons. The Labute approximate surface area is 286 Å². The lowest BCUT2D eigenvalue weighted by Gasteiger charge is -2.30. The monoisotopic (exact) mass is 696 g/mol. The lowest BCUT2D eigenvalue weighted by Crippen LogP contribution is -2.47. The third kappa shape index (κ3) is 11.1. The Hall–Kier alpha value is -2.29. The zero-order valence-corrected chi connectivity index (χ0v) is 30.0. The molecule has 0 saturated carbocycles. The molecule has 1 N–H and O–H groups in total. The van der Waals surface area contributed by atoms with Crippen LogP contribution < -0.4 is 4.72 Å². The number of sulfonamides is 1. The summed E-state index contributed by atoms with van der Waals surface area (Å²) in [4.78, 5) is 26.8. The van der Waals surface area contributed by atoms with Crippen LogP contribution in [0.15, 0.2) is 29.2 Å². The highest BCUT2D eigenvalue weighted by molar-refractivity contribution is 7.90. The predicted octanol–water partition coefficient (Wildman–Crippen LogP) is 5.47. The molecule has 0 spiro atoms. The van der Waals surface area contributed by atoms with Crippen molar-refractivity contribution in [2.24, 2.45) is 0 Å². The topological polar surface area (TPSA) is 139 Å². The number of hydrogen-bond donors (Lipinski definition) is 1. The fourth-order valence-electron chi connectivity index (χ4n) is 6.71. The molecule has 3 aliphatic rings. The third-order valence-electron chi connectivity index (χ3n) is 9.13. The summed E-state index contributed by atoms with van der Waals surface area (Å²) in [6, 6.07) is 5.61. The molecule has 3 fully saturated rings. The first-order valence-electron chi connectivity index (χ1n) is 17.7. The molecule has 13 heteroatoms. The van der Waals surface area contributed by atoms with Gasteiger partial charge in [-0.15, -0.1) is 0 Å². The van der Waals surface area contributed by atoms with Crippen molar-refractivity contribution < 1.29 is 46.4 Å². The molecule has 1 amide bonds. The lowest BCUT2D eigenvalue weighted by molar-refractivity contribution is -0.279. The molecule has 1 aromatic carbocycles.